The highest BCUT2D eigenvalue weighted by atomic mass is 35.5. The summed E-state index contributed by atoms with van der Waals surface area (Å²) in [4.78, 5) is 35.4. The van der Waals surface area contributed by atoms with Crippen LogP contribution in [0.2, 0.25) is 5.02 Å². The van der Waals surface area contributed by atoms with Gasteiger partial charge in [-0.25, -0.2) is 13.2 Å². The molecule has 1 fully saturated rings. The molecule has 24 heavy (non-hydrogen) atoms. The number of likely N-dealkylation sites (tertiary alicyclic amines) is 1. The molecule has 2 rings (SSSR count). The highest BCUT2D eigenvalue weighted by molar-refractivity contribution is 7.92. The number of carbonyl (C=O) groups excluding carboxylic acids is 2. The van der Waals surface area contributed by atoms with Gasteiger partial charge in [0.2, 0.25) is 5.91 Å². The highest BCUT2D eigenvalue weighted by Crippen LogP contribution is 2.31. The normalized spacial score (nSPS) is 20.8. The molecule has 0 unspecified atom stereocenters. The van der Waals surface area contributed by atoms with Crippen LogP contribution in [0.5, 0.6) is 0 Å². The lowest BCUT2D eigenvalue weighted by Gasteiger charge is -2.20. The van der Waals surface area contributed by atoms with E-state index >= 15 is 0 Å². The average Bonchev–Trinajstić information content (AvgIpc) is 2.93. The third-order valence-corrected chi connectivity index (χ3v) is 6.48. The minimum atomic E-state index is -3.90. The Balaban J connectivity index is 2.33. The molecule has 1 aliphatic heterocycles. The summed E-state index contributed by atoms with van der Waals surface area (Å²) >= 11 is 5.93. The van der Waals surface area contributed by atoms with Crippen molar-refractivity contribution in [2.75, 3.05) is 6.54 Å². The van der Waals surface area contributed by atoms with Gasteiger partial charge in [-0.1, -0.05) is 23.7 Å². The number of rotatable bonds is 5. The van der Waals surface area contributed by atoms with Crippen LogP contribution in [-0.2, 0) is 24.2 Å². The zero-order valence-electron chi connectivity index (χ0n) is 12.8. The number of hydrogen-bond acceptors (Lipinski definition) is 5. The number of halogens is 1. The molecule has 0 spiro atoms. The second kappa shape index (κ2) is 6.90. The summed E-state index contributed by atoms with van der Waals surface area (Å²) in [7, 11) is -3.90. The maximum atomic E-state index is 12.7. The van der Waals surface area contributed by atoms with Crippen LogP contribution in [0.25, 0.3) is 0 Å². The molecule has 1 saturated heterocycles. The summed E-state index contributed by atoms with van der Waals surface area (Å²) in [5.74, 6) is -2.41. The lowest BCUT2D eigenvalue weighted by molar-refractivity contribution is -0.149. The summed E-state index contributed by atoms with van der Waals surface area (Å²) in [6.07, 6.45) is -0.699. The van der Waals surface area contributed by atoms with Crippen LogP contribution in [0.1, 0.15) is 19.8 Å². The van der Waals surface area contributed by atoms with Crippen LogP contribution in [-0.4, -0.2) is 53.9 Å². The molecule has 9 heteroatoms. The van der Waals surface area contributed by atoms with E-state index in [1.165, 1.54) is 25.1 Å². The number of carbonyl (C=O) groups is 3. The Hall–Kier alpha value is -1.93. The van der Waals surface area contributed by atoms with E-state index in [0.717, 1.165) is 4.90 Å². The van der Waals surface area contributed by atoms with E-state index in [0.29, 0.717) is 0 Å². The summed E-state index contributed by atoms with van der Waals surface area (Å²) < 4.78 is 25.5. The molecule has 1 heterocycles. The Morgan fingerprint density at radius 2 is 1.92 bits per heavy atom. The van der Waals surface area contributed by atoms with Crippen LogP contribution in [0.4, 0.5) is 0 Å². The Bertz CT molecular complexity index is 791. The summed E-state index contributed by atoms with van der Waals surface area (Å²) in [6.45, 7) is 0.929. The SMILES string of the molecule is CC(=O)CC(=O)N1C[C@H](S(=O)(=O)c2ccccc2Cl)C[C@H]1C(=O)O. The van der Waals surface area contributed by atoms with E-state index in [1.807, 2.05) is 0 Å². The van der Waals surface area contributed by atoms with Gasteiger partial charge in [0.25, 0.3) is 0 Å². The van der Waals surface area contributed by atoms with E-state index in [9.17, 15) is 27.9 Å². The molecule has 130 valence electrons. The molecule has 1 aromatic carbocycles. The predicted molar refractivity (Wildman–Crippen MR) is 85.5 cm³/mol. The van der Waals surface area contributed by atoms with Crippen molar-refractivity contribution >= 4 is 39.1 Å². The first-order valence-electron chi connectivity index (χ1n) is 7.14. The molecule has 0 radical (unpaired) electrons. The number of aliphatic carboxylic acids is 1. The molecule has 2 atom stereocenters. The molecule has 0 saturated carbocycles. The smallest absolute Gasteiger partial charge is 0.326 e. The van der Waals surface area contributed by atoms with E-state index in [2.05, 4.69) is 0 Å². The molecule has 1 aliphatic rings. The molecular formula is C15H16ClNO6S. The molecular weight excluding hydrogens is 358 g/mol. The summed E-state index contributed by atoms with van der Waals surface area (Å²) in [5.41, 5.74) is 0. The lowest BCUT2D eigenvalue weighted by atomic mass is 10.2. The second-order valence-electron chi connectivity index (χ2n) is 5.61. The molecule has 1 N–H and O–H groups in total. The monoisotopic (exact) mass is 373 g/mol. The van der Waals surface area contributed by atoms with Gasteiger partial charge in [0, 0.05) is 6.54 Å². The number of hydrogen-bond donors (Lipinski definition) is 1. The van der Waals surface area contributed by atoms with Gasteiger partial charge < -0.3 is 10.0 Å². The van der Waals surface area contributed by atoms with E-state index in [1.54, 1.807) is 6.07 Å². The number of benzene rings is 1. The van der Waals surface area contributed by atoms with Crippen molar-refractivity contribution in [3.63, 3.8) is 0 Å². The maximum absolute atomic E-state index is 12.7. The topological polar surface area (TPSA) is 109 Å². The van der Waals surface area contributed by atoms with Crippen LogP contribution >= 0.6 is 11.6 Å². The van der Waals surface area contributed by atoms with Crippen molar-refractivity contribution < 1.29 is 27.9 Å². The molecule has 1 aromatic rings. The van der Waals surface area contributed by atoms with Gasteiger partial charge in [-0.3, -0.25) is 9.59 Å². The third-order valence-electron chi connectivity index (χ3n) is 3.85. The van der Waals surface area contributed by atoms with Gasteiger partial charge in [0.05, 0.1) is 21.6 Å². The Morgan fingerprint density at radius 3 is 2.46 bits per heavy atom. The van der Waals surface area contributed by atoms with Crippen molar-refractivity contribution in [3.05, 3.63) is 29.3 Å². The number of sulfone groups is 1. The number of Topliss-reactive ketones (excluding diaryl/α,β-unsaturated/α-hetero) is 1. The fraction of sp³-hybridized carbons (Fsp3) is 0.400. The van der Waals surface area contributed by atoms with Crippen LogP contribution in [0.3, 0.4) is 0 Å². The Labute approximate surface area is 144 Å². The first-order valence-corrected chi connectivity index (χ1v) is 9.07. The van der Waals surface area contributed by atoms with Crippen molar-refractivity contribution in [2.45, 2.75) is 36.0 Å². The standard InChI is InChI=1S/C15H16ClNO6S/c1-9(18)6-14(19)17-8-10(7-12(17)15(20)21)24(22,23)13-5-3-2-4-11(13)16/h2-5,10,12H,6-8H2,1H3,(H,20,21)/t10-,12+/m1/s1. The minimum absolute atomic E-state index is 0.0397. The van der Waals surface area contributed by atoms with Gasteiger partial charge in [0.1, 0.15) is 11.8 Å². The van der Waals surface area contributed by atoms with Gasteiger partial charge in [0.15, 0.2) is 9.84 Å². The Kier molecular flexibility index (Phi) is 5.29. The van der Waals surface area contributed by atoms with Crippen molar-refractivity contribution in [2.24, 2.45) is 0 Å². The van der Waals surface area contributed by atoms with Crippen molar-refractivity contribution in [3.8, 4) is 0 Å². The maximum Gasteiger partial charge on any atom is 0.326 e. The fourth-order valence-electron chi connectivity index (χ4n) is 2.70. The third kappa shape index (κ3) is 3.59. The molecule has 0 aliphatic carbocycles. The average molecular weight is 374 g/mol. The first-order chi connectivity index (χ1) is 11.1. The molecule has 1 amide bonds. The van der Waals surface area contributed by atoms with Crippen molar-refractivity contribution in [1.82, 2.24) is 4.90 Å². The van der Waals surface area contributed by atoms with Gasteiger partial charge in [-0.15, -0.1) is 0 Å². The largest absolute Gasteiger partial charge is 0.480 e. The number of nitrogens with zero attached hydrogens (tertiary/aromatic N) is 1. The fourth-order valence-corrected chi connectivity index (χ4v) is 4.92. The number of carboxylic acid groups (broad SMARTS) is 1. The van der Waals surface area contributed by atoms with Crippen molar-refractivity contribution in [1.29, 1.82) is 0 Å². The Morgan fingerprint density at radius 1 is 1.29 bits per heavy atom. The number of ketones is 1. The second-order valence-corrected chi connectivity index (χ2v) is 8.22. The lowest BCUT2D eigenvalue weighted by Crippen LogP contribution is -2.41. The highest BCUT2D eigenvalue weighted by Gasteiger charge is 2.45. The molecule has 7 nitrogen and oxygen atoms in total. The predicted octanol–water partition coefficient (Wildman–Crippen LogP) is 1.15. The molecule has 0 aromatic heterocycles. The van der Waals surface area contributed by atoms with E-state index in [-0.39, 0.29) is 22.9 Å². The van der Waals surface area contributed by atoms with Crippen LogP contribution < -0.4 is 0 Å². The van der Waals surface area contributed by atoms with Crippen LogP contribution in [0, 0.1) is 0 Å². The minimum Gasteiger partial charge on any atom is -0.480 e. The number of amides is 1. The molecule has 0 bridgehead atoms. The quantitative estimate of drug-likeness (QED) is 0.775. The zero-order chi connectivity index (χ0) is 18.1. The first kappa shape index (κ1) is 18.4. The van der Waals surface area contributed by atoms with Gasteiger partial charge >= 0.3 is 5.97 Å². The van der Waals surface area contributed by atoms with Gasteiger partial charge in [-0.05, 0) is 25.5 Å². The van der Waals surface area contributed by atoms with E-state index in [4.69, 9.17) is 11.6 Å². The summed E-state index contributed by atoms with van der Waals surface area (Å²) in [5, 5.41) is 8.23. The van der Waals surface area contributed by atoms with Gasteiger partial charge in [-0.2, -0.15) is 0 Å². The number of carboxylic acids is 1. The van der Waals surface area contributed by atoms with E-state index < -0.39 is 45.2 Å². The zero-order valence-corrected chi connectivity index (χ0v) is 14.4. The summed E-state index contributed by atoms with van der Waals surface area (Å²) in [6, 6.07) is 4.59. The van der Waals surface area contributed by atoms with Crippen LogP contribution in [0.15, 0.2) is 29.2 Å².